The first-order valence-electron chi connectivity index (χ1n) is 8.82. The summed E-state index contributed by atoms with van der Waals surface area (Å²) in [5, 5.41) is 2.74. The molecular formula is C18H26N4O4S. The first-order valence-corrected chi connectivity index (χ1v) is 10.3. The fourth-order valence-corrected chi connectivity index (χ4v) is 3.79. The number of carbonyl (C=O) groups excluding carboxylic acids is 1. The van der Waals surface area contributed by atoms with Gasteiger partial charge in [-0.3, -0.25) is 4.79 Å². The molecule has 0 unspecified atom stereocenters. The second-order valence-electron chi connectivity index (χ2n) is 6.15. The van der Waals surface area contributed by atoms with Crippen LogP contribution in [0.25, 0.3) is 0 Å². The summed E-state index contributed by atoms with van der Waals surface area (Å²) in [4.78, 5) is 16.2. The monoisotopic (exact) mass is 394 g/mol. The third-order valence-corrected chi connectivity index (χ3v) is 5.47. The predicted octanol–water partition coefficient (Wildman–Crippen LogP) is 1.46. The number of amides is 1. The zero-order valence-corrected chi connectivity index (χ0v) is 16.6. The standard InChI is InChI=1S/C18H26N4O4S/c1-4-26-17-7-6-16(12-14(17)2)27(24,25)21-15(3)18(23)20-8-5-10-22-11-9-19-13-22/h6-7,9,11-13,15,21H,4-5,8,10H2,1-3H3,(H,20,23)/t15-/m0/s1. The van der Waals surface area contributed by atoms with Crippen LogP contribution in [-0.2, 0) is 21.4 Å². The minimum absolute atomic E-state index is 0.100. The topological polar surface area (TPSA) is 102 Å². The number of rotatable bonds is 10. The minimum atomic E-state index is -3.80. The Morgan fingerprint density at radius 3 is 2.78 bits per heavy atom. The van der Waals surface area contributed by atoms with Crippen molar-refractivity contribution in [2.24, 2.45) is 0 Å². The number of carbonyl (C=O) groups is 1. The van der Waals surface area contributed by atoms with Gasteiger partial charge in [-0.25, -0.2) is 13.4 Å². The lowest BCUT2D eigenvalue weighted by Crippen LogP contribution is -2.45. The van der Waals surface area contributed by atoms with Crippen LogP contribution in [0, 0.1) is 6.92 Å². The Hall–Kier alpha value is -2.39. The molecule has 0 aliphatic heterocycles. The van der Waals surface area contributed by atoms with E-state index in [0.717, 1.165) is 18.5 Å². The molecule has 0 bridgehead atoms. The Labute approximate surface area is 160 Å². The largest absolute Gasteiger partial charge is 0.494 e. The number of benzene rings is 1. The normalized spacial score (nSPS) is 12.6. The van der Waals surface area contributed by atoms with Gasteiger partial charge < -0.3 is 14.6 Å². The van der Waals surface area contributed by atoms with Crippen LogP contribution < -0.4 is 14.8 Å². The Morgan fingerprint density at radius 1 is 1.37 bits per heavy atom. The molecule has 0 aliphatic rings. The maximum Gasteiger partial charge on any atom is 0.241 e. The average Bonchev–Trinajstić information content (AvgIpc) is 3.13. The van der Waals surface area contributed by atoms with Crippen molar-refractivity contribution in [3.63, 3.8) is 0 Å². The van der Waals surface area contributed by atoms with Crippen LogP contribution >= 0.6 is 0 Å². The first-order chi connectivity index (χ1) is 12.8. The van der Waals surface area contributed by atoms with Gasteiger partial charge in [-0.05, 0) is 51.0 Å². The van der Waals surface area contributed by atoms with Crippen LogP contribution in [0.15, 0.2) is 41.8 Å². The second-order valence-corrected chi connectivity index (χ2v) is 7.86. The number of aryl methyl sites for hydroxylation is 2. The fraction of sp³-hybridized carbons (Fsp3) is 0.444. The van der Waals surface area contributed by atoms with E-state index < -0.39 is 16.1 Å². The number of hydrogen-bond acceptors (Lipinski definition) is 5. The Bertz CT molecular complexity index is 850. The molecule has 0 saturated carbocycles. The summed E-state index contributed by atoms with van der Waals surface area (Å²) in [6.07, 6.45) is 5.96. The highest BCUT2D eigenvalue weighted by Gasteiger charge is 2.22. The second kappa shape index (κ2) is 9.52. The summed E-state index contributed by atoms with van der Waals surface area (Å²) in [5.74, 6) is 0.270. The summed E-state index contributed by atoms with van der Waals surface area (Å²) < 4.78 is 34.8. The van der Waals surface area contributed by atoms with E-state index in [1.54, 1.807) is 25.5 Å². The molecule has 1 aromatic heterocycles. The Morgan fingerprint density at radius 2 is 2.15 bits per heavy atom. The molecular weight excluding hydrogens is 368 g/mol. The van der Waals surface area contributed by atoms with Crippen LogP contribution in [-0.4, -0.2) is 43.1 Å². The lowest BCUT2D eigenvalue weighted by molar-refractivity contribution is -0.122. The summed E-state index contributed by atoms with van der Waals surface area (Å²) in [7, 11) is -3.80. The van der Waals surface area contributed by atoms with Crippen LogP contribution in [0.5, 0.6) is 5.75 Å². The van der Waals surface area contributed by atoms with Gasteiger partial charge in [0.15, 0.2) is 0 Å². The molecule has 2 aromatic rings. The fourth-order valence-electron chi connectivity index (χ4n) is 2.51. The van der Waals surface area contributed by atoms with Crippen molar-refractivity contribution in [2.75, 3.05) is 13.2 Å². The highest BCUT2D eigenvalue weighted by atomic mass is 32.2. The molecule has 1 atom stereocenters. The van der Waals surface area contributed by atoms with Gasteiger partial charge in [-0.15, -0.1) is 0 Å². The minimum Gasteiger partial charge on any atom is -0.494 e. The molecule has 27 heavy (non-hydrogen) atoms. The summed E-state index contributed by atoms with van der Waals surface area (Å²) >= 11 is 0. The van der Waals surface area contributed by atoms with Crippen LogP contribution in [0.1, 0.15) is 25.8 Å². The van der Waals surface area contributed by atoms with Gasteiger partial charge in [0, 0.05) is 25.5 Å². The van der Waals surface area contributed by atoms with E-state index in [1.807, 2.05) is 17.7 Å². The molecule has 0 fully saturated rings. The third-order valence-electron chi connectivity index (χ3n) is 3.93. The number of imidazole rings is 1. The quantitative estimate of drug-likeness (QED) is 0.594. The van der Waals surface area contributed by atoms with Gasteiger partial charge in [-0.2, -0.15) is 4.72 Å². The molecule has 0 saturated heterocycles. The van der Waals surface area contributed by atoms with E-state index in [1.165, 1.54) is 19.1 Å². The van der Waals surface area contributed by atoms with Gasteiger partial charge in [0.1, 0.15) is 5.75 Å². The molecule has 1 aromatic carbocycles. The number of nitrogens with one attached hydrogen (secondary N) is 2. The summed E-state index contributed by atoms with van der Waals surface area (Å²) in [5.41, 5.74) is 0.719. The lowest BCUT2D eigenvalue weighted by atomic mass is 10.2. The highest BCUT2D eigenvalue weighted by Crippen LogP contribution is 2.21. The molecule has 0 radical (unpaired) electrons. The zero-order valence-electron chi connectivity index (χ0n) is 15.8. The molecule has 2 rings (SSSR count). The Balaban J connectivity index is 1.87. The number of sulfonamides is 1. The third kappa shape index (κ3) is 6.07. The van der Waals surface area contributed by atoms with Gasteiger partial charge in [-0.1, -0.05) is 0 Å². The van der Waals surface area contributed by atoms with Crippen molar-refractivity contribution in [3.8, 4) is 5.75 Å². The molecule has 0 aliphatic carbocycles. The molecule has 2 N–H and O–H groups in total. The van der Waals surface area contributed by atoms with Gasteiger partial charge in [0.2, 0.25) is 15.9 Å². The maximum absolute atomic E-state index is 12.5. The number of hydrogen-bond donors (Lipinski definition) is 2. The van der Waals surface area contributed by atoms with Crippen molar-refractivity contribution in [1.82, 2.24) is 19.6 Å². The molecule has 8 nitrogen and oxygen atoms in total. The van der Waals surface area contributed by atoms with E-state index >= 15 is 0 Å². The van der Waals surface area contributed by atoms with E-state index in [9.17, 15) is 13.2 Å². The van der Waals surface area contributed by atoms with Crippen molar-refractivity contribution in [1.29, 1.82) is 0 Å². The first kappa shape index (κ1) is 20.9. The van der Waals surface area contributed by atoms with Crippen LogP contribution in [0.3, 0.4) is 0 Å². The number of ether oxygens (including phenoxy) is 1. The highest BCUT2D eigenvalue weighted by molar-refractivity contribution is 7.89. The van der Waals surface area contributed by atoms with Crippen molar-refractivity contribution in [3.05, 3.63) is 42.5 Å². The van der Waals surface area contributed by atoms with Crippen molar-refractivity contribution >= 4 is 15.9 Å². The zero-order chi connectivity index (χ0) is 19.9. The number of nitrogens with zero attached hydrogens (tertiary/aromatic N) is 2. The molecule has 9 heteroatoms. The maximum atomic E-state index is 12.5. The van der Waals surface area contributed by atoms with Gasteiger partial charge in [0.05, 0.1) is 23.9 Å². The molecule has 1 amide bonds. The SMILES string of the molecule is CCOc1ccc(S(=O)(=O)N[C@@H](C)C(=O)NCCCn2ccnc2)cc1C. The van der Waals surface area contributed by atoms with Gasteiger partial charge in [0.25, 0.3) is 0 Å². The van der Waals surface area contributed by atoms with Crippen molar-refractivity contribution < 1.29 is 17.9 Å². The summed E-state index contributed by atoms with van der Waals surface area (Å²) in [6, 6.07) is 3.74. The van der Waals surface area contributed by atoms with Crippen LogP contribution in [0.4, 0.5) is 0 Å². The van der Waals surface area contributed by atoms with Gasteiger partial charge >= 0.3 is 0 Å². The van der Waals surface area contributed by atoms with E-state index in [2.05, 4.69) is 15.0 Å². The summed E-state index contributed by atoms with van der Waals surface area (Å²) in [6.45, 7) is 6.84. The van der Waals surface area contributed by atoms with Crippen molar-refractivity contribution in [2.45, 2.75) is 44.7 Å². The number of aromatic nitrogens is 2. The molecule has 1 heterocycles. The molecule has 0 spiro atoms. The Kier molecular flexibility index (Phi) is 7.37. The lowest BCUT2D eigenvalue weighted by Gasteiger charge is -2.15. The molecule has 148 valence electrons. The van der Waals surface area contributed by atoms with Crippen LogP contribution in [0.2, 0.25) is 0 Å². The smallest absolute Gasteiger partial charge is 0.241 e. The van der Waals surface area contributed by atoms with E-state index in [-0.39, 0.29) is 10.8 Å². The predicted molar refractivity (Wildman–Crippen MR) is 102 cm³/mol. The van der Waals surface area contributed by atoms with E-state index in [0.29, 0.717) is 18.9 Å². The van der Waals surface area contributed by atoms with E-state index in [4.69, 9.17) is 4.74 Å². The average molecular weight is 394 g/mol.